The molecule has 14 heavy (non-hydrogen) atoms. The number of hydrogen-bond donors (Lipinski definition) is 1. The Morgan fingerprint density at radius 1 is 1.43 bits per heavy atom. The molecule has 0 aliphatic heterocycles. The molecule has 0 radical (unpaired) electrons. The van der Waals surface area contributed by atoms with Gasteiger partial charge in [-0.25, -0.2) is 0 Å². The van der Waals surface area contributed by atoms with Crippen molar-refractivity contribution in [3.05, 3.63) is 30.0 Å². The van der Waals surface area contributed by atoms with E-state index in [-0.39, 0.29) is 0 Å². The molecule has 0 fully saturated rings. The van der Waals surface area contributed by atoms with Crippen LogP contribution in [0.4, 0.5) is 0 Å². The highest BCUT2D eigenvalue weighted by Crippen LogP contribution is 2.21. The summed E-state index contributed by atoms with van der Waals surface area (Å²) in [7, 11) is 1.60. The van der Waals surface area contributed by atoms with Crippen molar-refractivity contribution in [2.75, 3.05) is 7.11 Å². The fraction of sp³-hybridized carbons (Fsp3) is 0.100. The van der Waals surface area contributed by atoms with Crippen molar-refractivity contribution in [2.45, 2.75) is 0 Å². The topological polar surface area (TPSA) is 42.1 Å². The molecule has 0 atom stereocenters. The van der Waals surface area contributed by atoms with Crippen molar-refractivity contribution in [3.63, 3.8) is 0 Å². The van der Waals surface area contributed by atoms with Gasteiger partial charge in [-0.3, -0.25) is 4.79 Å². The summed E-state index contributed by atoms with van der Waals surface area (Å²) in [5, 5.41) is 0.425. The van der Waals surface area contributed by atoms with Gasteiger partial charge in [0.25, 0.3) is 5.24 Å². The highest BCUT2D eigenvalue weighted by molar-refractivity contribution is 6.67. The molecule has 0 saturated heterocycles. The Bertz CT molecular complexity index is 490. The van der Waals surface area contributed by atoms with Gasteiger partial charge in [-0.15, -0.1) is 0 Å². The maximum Gasteiger partial charge on any atom is 0.268 e. The Morgan fingerprint density at radius 3 is 2.86 bits per heavy atom. The Kier molecular flexibility index (Phi) is 2.17. The number of benzene rings is 1. The molecule has 0 aliphatic rings. The molecule has 4 heteroatoms. The summed E-state index contributed by atoms with van der Waals surface area (Å²) in [4.78, 5) is 13.8. The molecule has 2 aromatic rings. The molecule has 1 aromatic heterocycles. The average Bonchev–Trinajstić information content (AvgIpc) is 2.59. The van der Waals surface area contributed by atoms with Crippen molar-refractivity contribution in [3.8, 4) is 5.75 Å². The molecule has 0 unspecified atom stereocenters. The molecule has 3 nitrogen and oxygen atoms in total. The van der Waals surface area contributed by atoms with Crippen LogP contribution >= 0.6 is 11.6 Å². The van der Waals surface area contributed by atoms with E-state index in [1.807, 2.05) is 18.2 Å². The number of nitrogens with one attached hydrogen (secondary N) is 1. The third kappa shape index (κ3) is 1.46. The van der Waals surface area contributed by atoms with Crippen LogP contribution in [-0.2, 0) is 0 Å². The maximum atomic E-state index is 10.9. The number of carbonyl (C=O) groups is 1. The van der Waals surface area contributed by atoms with E-state index in [2.05, 4.69) is 4.98 Å². The number of aromatic nitrogens is 1. The van der Waals surface area contributed by atoms with Crippen molar-refractivity contribution >= 4 is 27.7 Å². The van der Waals surface area contributed by atoms with E-state index in [0.717, 1.165) is 16.7 Å². The molecule has 0 spiro atoms. The minimum atomic E-state index is -0.486. The lowest BCUT2D eigenvalue weighted by Crippen LogP contribution is -1.85. The molecule has 1 heterocycles. The van der Waals surface area contributed by atoms with E-state index in [9.17, 15) is 4.79 Å². The smallest absolute Gasteiger partial charge is 0.268 e. The number of carbonyl (C=O) groups excluding carboxylic acids is 1. The third-order valence-corrected chi connectivity index (χ3v) is 2.24. The fourth-order valence-corrected chi connectivity index (χ4v) is 1.45. The first-order valence-corrected chi connectivity index (χ1v) is 4.45. The molecule has 0 amide bonds. The predicted molar refractivity (Wildman–Crippen MR) is 55.0 cm³/mol. The lowest BCUT2D eigenvalue weighted by Gasteiger charge is -1.97. The minimum absolute atomic E-state index is 0.398. The first-order chi connectivity index (χ1) is 6.70. The van der Waals surface area contributed by atoms with Crippen molar-refractivity contribution in [1.82, 2.24) is 4.98 Å². The quantitative estimate of drug-likeness (QED) is 0.773. The van der Waals surface area contributed by atoms with Crippen molar-refractivity contribution in [1.29, 1.82) is 0 Å². The number of H-pyrrole nitrogens is 1. The molecule has 1 N–H and O–H groups in total. The van der Waals surface area contributed by atoms with Gasteiger partial charge in [0, 0.05) is 10.9 Å². The largest absolute Gasteiger partial charge is 0.497 e. The molecule has 0 saturated carbocycles. The van der Waals surface area contributed by atoms with Crippen LogP contribution in [-0.4, -0.2) is 17.3 Å². The summed E-state index contributed by atoms with van der Waals surface area (Å²) in [5.41, 5.74) is 1.27. The lowest BCUT2D eigenvalue weighted by atomic mass is 10.2. The van der Waals surface area contributed by atoms with E-state index < -0.39 is 5.24 Å². The standard InChI is InChI=1S/C10H8ClNO2/c1-14-7-2-3-8-6(4-7)5-9(12-8)10(11)13/h2-5,12H,1H3. The van der Waals surface area contributed by atoms with Crippen LogP contribution < -0.4 is 4.74 Å². The van der Waals surface area contributed by atoms with Crippen LogP contribution in [0.25, 0.3) is 10.9 Å². The van der Waals surface area contributed by atoms with Crippen molar-refractivity contribution < 1.29 is 9.53 Å². The molecule has 2 rings (SSSR count). The van der Waals surface area contributed by atoms with Gasteiger partial charge in [0.05, 0.1) is 12.8 Å². The van der Waals surface area contributed by atoms with Crippen LogP contribution in [0.3, 0.4) is 0 Å². The summed E-state index contributed by atoms with van der Waals surface area (Å²) in [6.45, 7) is 0. The number of hydrogen-bond acceptors (Lipinski definition) is 2. The van der Waals surface area contributed by atoms with E-state index in [0.29, 0.717) is 5.69 Å². The molecule has 0 bridgehead atoms. The first kappa shape index (κ1) is 9.09. The zero-order valence-corrected chi connectivity index (χ0v) is 8.26. The summed E-state index contributed by atoms with van der Waals surface area (Å²) < 4.78 is 5.06. The Labute approximate surface area is 85.6 Å². The zero-order valence-electron chi connectivity index (χ0n) is 7.50. The summed E-state index contributed by atoms with van der Waals surface area (Å²) in [6, 6.07) is 7.21. The number of ether oxygens (including phenoxy) is 1. The Morgan fingerprint density at radius 2 is 2.21 bits per heavy atom. The molecule has 1 aromatic carbocycles. The van der Waals surface area contributed by atoms with E-state index in [1.165, 1.54) is 0 Å². The van der Waals surface area contributed by atoms with Gasteiger partial charge in [0.1, 0.15) is 5.75 Å². The molecular formula is C10H8ClNO2. The van der Waals surface area contributed by atoms with Gasteiger partial charge in [-0.1, -0.05) is 0 Å². The molecule has 72 valence electrons. The van der Waals surface area contributed by atoms with Gasteiger partial charge in [-0.05, 0) is 35.9 Å². The number of methoxy groups -OCH3 is 1. The Hall–Kier alpha value is -1.48. The van der Waals surface area contributed by atoms with Crippen LogP contribution in [0.2, 0.25) is 0 Å². The van der Waals surface area contributed by atoms with Gasteiger partial charge < -0.3 is 9.72 Å². The van der Waals surface area contributed by atoms with Crippen LogP contribution in [0.15, 0.2) is 24.3 Å². The van der Waals surface area contributed by atoms with Crippen LogP contribution in [0.5, 0.6) is 5.75 Å². The van der Waals surface area contributed by atoms with Gasteiger partial charge >= 0.3 is 0 Å². The van der Waals surface area contributed by atoms with Crippen LogP contribution in [0, 0.1) is 0 Å². The van der Waals surface area contributed by atoms with Gasteiger partial charge in [-0.2, -0.15) is 0 Å². The van der Waals surface area contributed by atoms with Crippen LogP contribution in [0.1, 0.15) is 10.5 Å². The minimum Gasteiger partial charge on any atom is -0.497 e. The summed E-state index contributed by atoms with van der Waals surface area (Å²) >= 11 is 5.35. The SMILES string of the molecule is COc1ccc2[nH]c(C(=O)Cl)cc2c1. The van der Waals surface area contributed by atoms with Gasteiger partial charge in [0.15, 0.2) is 0 Å². The highest BCUT2D eigenvalue weighted by Gasteiger charge is 2.06. The van der Waals surface area contributed by atoms with E-state index in [1.54, 1.807) is 13.2 Å². The Balaban J connectivity index is 2.60. The fourth-order valence-electron chi connectivity index (χ4n) is 1.34. The summed E-state index contributed by atoms with van der Waals surface area (Å²) in [6.07, 6.45) is 0. The zero-order chi connectivity index (χ0) is 10.1. The highest BCUT2D eigenvalue weighted by atomic mass is 35.5. The number of fused-ring (bicyclic) bond motifs is 1. The molecular weight excluding hydrogens is 202 g/mol. The van der Waals surface area contributed by atoms with E-state index in [4.69, 9.17) is 16.3 Å². The first-order valence-electron chi connectivity index (χ1n) is 4.07. The second-order valence-electron chi connectivity index (χ2n) is 2.91. The molecule has 0 aliphatic carbocycles. The van der Waals surface area contributed by atoms with E-state index >= 15 is 0 Å². The second-order valence-corrected chi connectivity index (χ2v) is 3.25. The third-order valence-electron chi connectivity index (χ3n) is 2.04. The lowest BCUT2D eigenvalue weighted by molar-refractivity contribution is 0.107. The normalized spacial score (nSPS) is 10.4. The maximum absolute atomic E-state index is 10.9. The number of aromatic amines is 1. The monoisotopic (exact) mass is 209 g/mol. The predicted octanol–water partition coefficient (Wildman–Crippen LogP) is 2.56. The number of rotatable bonds is 2. The average molecular weight is 210 g/mol. The number of halogens is 1. The second kappa shape index (κ2) is 3.35. The van der Waals surface area contributed by atoms with Crippen molar-refractivity contribution in [2.24, 2.45) is 0 Å². The van der Waals surface area contributed by atoms with Gasteiger partial charge in [0.2, 0.25) is 0 Å². The summed E-state index contributed by atoms with van der Waals surface area (Å²) in [5.74, 6) is 0.755.